The van der Waals surface area contributed by atoms with Crippen LogP contribution in [0.4, 0.5) is 13.2 Å². The monoisotopic (exact) mass is 168 g/mol. The first-order valence-electron chi connectivity index (χ1n) is 3.39. The molecule has 0 N–H and O–H groups in total. The Balaban J connectivity index is 3.54. The van der Waals surface area contributed by atoms with Crippen LogP contribution in [0.2, 0.25) is 0 Å². The molecule has 67 valence electrons. The van der Waals surface area contributed by atoms with E-state index in [1.54, 1.807) is 25.9 Å². The lowest BCUT2D eigenvalue weighted by molar-refractivity contribution is -0.129. The van der Waals surface area contributed by atoms with Crippen LogP contribution in [-0.2, 0) is 0 Å². The van der Waals surface area contributed by atoms with Gasteiger partial charge in [-0.3, -0.25) is 0 Å². The van der Waals surface area contributed by atoms with E-state index in [1.165, 1.54) is 6.42 Å². The highest BCUT2D eigenvalue weighted by molar-refractivity contribution is 4.80. The van der Waals surface area contributed by atoms with E-state index in [0.29, 0.717) is 0 Å². The summed E-state index contributed by atoms with van der Waals surface area (Å²) in [5, 5.41) is 0. The number of hydrogen-bond acceptors (Lipinski definition) is 1. The van der Waals surface area contributed by atoms with Crippen LogP contribution in [0.25, 0.3) is 0 Å². The van der Waals surface area contributed by atoms with Gasteiger partial charge in [0.1, 0.15) is 0 Å². The highest BCUT2D eigenvalue weighted by atomic mass is 19.4. The van der Waals surface area contributed by atoms with Crippen LogP contribution in [0.3, 0.4) is 0 Å². The smallest absolute Gasteiger partial charge is 0.306 e. The molecule has 0 aromatic carbocycles. The van der Waals surface area contributed by atoms with Crippen molar-refractivity contribution in [3.05, 3.63) is 6.42 Å². The molecule has 0 aliphatic rings. The summed E-state index contributed by atoms with van der Waals surface area (Å²) in [6.45, 7) is 1.73. The Bertz CT molecular complexity index is 109. The fourth-order valence-corrected chi connectivity index (χ4v) is 0.515. The van der Waals surface area contributed by atoms with Crippen molar-refractivity contribution in [3.63, 3.8) is 0 Å². The largest absolute Gasteiger partial charge is 0.389 e. The van der Waals surface area contributed by atoms with Gasteiger partial charge in [-0.1, -0.05) is 0 Å². The molecule has 0 saturated heterocycles. The molecule has 1 unspecified atom stereocenters. The van der Waals surface area contributed by atoms with Gasteiger partial charge in [0, 0.05) is 12.5 Å². The lowest BCUT2D eigenvalue weighted by atomic mass is 10.1. The molecule has 0 aromatic heterocycles. The Morgan fingerprint density at radius 1 is 1.36 bits per heavy atom. The molecule has 4 heteroatoms. The third-order valence-electron chi connectivity index (χ3n) is 1.50. The maximum Gasteiger partial charge on any atom is 0.389 e. The molecule has 0 rings (SSSR count). The second kappa shape index (κ2) is 3.95. The van der Waals surface area contributed by atoms with Gasteiger partial charge in [-0.05, 0) is 27.4 Å². The predicted octanol–water partition coefficient (Wildman–Crippen LogP) is 2.09. The summed E-state index contributed by atoms with van der Waals surface area (Å²) in [6, 6.07) is -0.128. The van der Waals surface area contributed by atoms with Crippen LogP contribution in [0.1, 0.15) is 13.3 Å². The molecule has 1 atom stereocenters. The molecule has 0 aliphatic carbocycles. The number of rotatable bonds is 3. The van der Waals surface area contributed by atoms with E-state index < -0.39 is 12.6 Å². The SMILES string of the molecule is CC([CH]CC(F)(F)F)N(C)C. The third-order valence-corrected chi connectivity index (χ3v) is 1.50. The molecule has 0 heterocycles. The summed E-state index contributed by atoms with van der Waals surface area (Å²) < 4.78 is 34.9. The first kappa shape index (κ1) is 10.8. The predicted molar refractivity (Wildman–Crippen MR) is 38.1 cm³/mol. The van der Waals surface area contributed by atoms with Gasteiger partial charge in [-0.2, -0.15) is 13.2 Å². The Labute approximate surface area is 65.2 Å². The average molecular weight is 168 g/mol. The van der Waals surface area contributed by atoms with Crippen molar-refractivity contribution < 1.29 is 13.2 Å². The molecule has 0 aliphatic heterocycles. The number of nitrogens with zero attached hydrogens (tertiary/aromatic N) is 1. The Kier molecular flexibility index (Phi) is 3.86. The van der Waals surface area contributed by atoms with E-state index in [9.17, 15) is 13.2 Å². The van der Waals surface area contributed by atoms with E-state index in [2.05, 4.69) is 0 Å². The zero-order valence-corrected chi connectivity index (χ0v) is 6.94. The summed E-state index contributed by atoms with van der Waals surface area (Å²) in [4.78, 5) is 1.73. The highest BCUT2D eigenvalue weighted by Gasteiger charge is 2.27. The second-order valence-electron chi connectivity index (χ2n) is 2.76. The summed E-state index contributed by atoms with van der Waals surface area (Å²) in [7, 11) is 3.50. The Morgan fingerprint density at radius 2 is 1.82 bits per heavy atom. The van der Waals surface area contributed by atoms with Gasteiger partial charge in [0.25, 0.3) is 0 Å². The number of alkyl halides is 3. The minimum atomic E-state index is -4.07. The van der Waals surface area contributed by atoms with Crippen molar-refractivity contribution in [2.45, 2.75) is 25.6 Å². The molecule has 0 bridgehead atoms. The molecule has 0 amide bonds. The van der Waals surface area contributed by atoms with E-state index in [1.807, 2.05) is 0 Å². The maximum atomic E-state index is 11.6. The van der Waals surface area contributed by atoms with Gasteiger partial charge < -0.3 is 4.90 Å². The maximum absolute atomic E-state index is 11.6. The van der Waals surface area contributed by atoms with Crippen LogP contribution in [0.5, 0.6) is 0 Å². The molecule has 0 fully saturated rings. The summed E-state index contributed by atoms with van der Waals surface area (Å²) in [5.74, 6) is 0. The van der Waals surface area contributed by atoms with Gasteiger partial charge >= 0.3 is 6.18 Å². The summed E-state index contributed by atoms with van der Waals surface area (Å²) in [6.07, 6.45) is -3.63. The van der Waals surface area contributed by atoms with Gasteiger partial charge in [-0.15, -0.1) is 0 Å². The number of hydrogen-bond donors (Lipinski definition) is 0. The van der Waals surface area contributed by atoms with Gasteiger partial charge in [0.05, 0.1) is 0 Å². The lowest BCUT2D eigenvalue weighted by Gasteiger charge is -2.19. The molecule has 0 aromatic rings. The minimum absolute atomic E-state index is 0.128. The van der Waals surface area contributed by atoms with Gasteiger partial charge in [-0.25, -0.2) is 0 Å². The van der Waals surface area contributed by atoms with Crippen LogP contribution in [-0.4, -0.2) is 31.2 Å². The van der Waals surface area contributed by atoms with Gasteiger partial charge in [0.2, 0.25) is 0 Å². The first-order valence-corrected chi connectivity index (χ1v) is 3.39. The normalized spacial score (nSPS) is 15.5. The fraction of sp³-hybridized carbons (Fsp3) is 0.857. The van der Waals surface area contributed by atoms with Crippen molar-refractivity contribution in [1.29, 1.82) is 0 Å². The molecular formula is C7H13F3N. The van der Waals surface area contributed by atoms with E-state index >= 15 is 0 Å². The summed E-state index contributed by atoms with van der Waals surface area (Å²) in [5.41, 5.74) is 0. The lowest BCUT2D eigenvalue weighted by Crippen LogP contribution is -2.26. The van der Waals surface area contributed by atoms with Crippen molar-refractivity contribution in [1.82, 2.24) is 4.90 Å². The Morgan fingerprint density at radius 3 is 2.09 bits per heavy atom. The van der Waals surface area contributed by atoms with Crippen LogP contribution in [0, 0.1) is 6.42 Å². The van der Waals surface area contributed by atoms with Crippen molar-refractivity contribution >= 4 is 0 Å². The molecule has 11 heavy (non-hydrogen) atoms. The van der Waals surface area contributed by atoms with Gasteiger partial charge in [0.15, 0.2) is 0 Å². The molecule has 1 nitrogen and oxygen atoms in total. The molecular weight excluding hydrogens is 155 g/mol. The topological polar surface area (TPSA) is 3.24 Å². The zero-order valence-electron chi connectivity index (χ0n) is 6.94. The third kappa shape index (κ3) is 6.16. The molecule has 0 saturated carbocycles. The standard InChI is InChI=1S/C7H13F3N/c1-6(11(2)3)4-5-7(8,9)10/h4,6H,5H2,1-3H3. The zero-order chi connectivity index (χ0) is 9.07. The molecule has 1 radical (unpaired) electrons. The van der Waals surface area contributed by atoms with Crippen LogP contribution >= 0.6 is 0 Å². The highest BCUT2D eigenvalue weighted by Crippen LogP contribution is 2.22. The Hall–Kier alpha value is -0.250. The summed E-state index contributed by atoms with van der Waals surface area (Å²) >= 11 is 0. The van der Waals surface area contributed by atoms with Crippen molar-refractivity contribution in [2.75, 3.05) is 14.1 Å². The van der Waals surface area contributed by atoms with E-state index in [0.717, 1.165) is 0 Å². The van der Waals surface area contributed by atoms with Crippen molar-refractivity contribution in [2.24, 2.45) is 0 Å². The quantitative estimate of drug-likeness (QED) is 0.623. The van der Waals surface area contributed by atoms with Crippen molar-refractivity contribution in [3.8, 4) is 0 Å². The second-order valence-corrected chi connectivity index (χ2v) is 2.76. The van der Waals surface area contributed by atoms with Crippen LogP contribution in [0.15, 0.2) is 0 Å². The fourth-order valence-electron chi connectivity index (χ4n) is 0.515. The first-order chi connectivity index (χ1) is 4.83. The average Bonchev–Trinajstić information content (AvgIpc) is 1.80. The molecule has 0 spiro atoms. The van der Waals surface area contributed by atoms with E-state index in [-0.39, 0.29) is 6.04 Å². The van der Waals surface area contributed by atoms with E-state index in [4.69, 9.17) is 0 Å². The minimum Gasteiger partial charge on any atom is -0.306 e. The van der Waals surface area contributed by atoms with Crippen LogP contribution < -0.4 is 0 Å². The number of halogens is 3.